The van der Waals surface area contributed by atoms with Crippen LogP contribution in [0.5, 0.6) is 5.75 Å². The topological polar surface area (TPSA) is 100 Å². The first kappa shape index (κ1) is 24.4. The molecule has 1 unspecified atom stereocenters. The maximum absolute atomic E-state index is 13.0. The molecular weight excluding hydrogens is 460 g/mol. The van der Waals surface area contributed by atoms with E-state index in [1.807, 2.05) is 6.07 Å². The SMILES string of the molecule is O=C1CCC(N2Cc3c(OCc4ccc(CNCCN5CCOCC5)cc4)cccc3C2=O)C(=O)N1. The minimum atomic E-state index is -0.634. The minimum Gasteiger partial charge on any atom is -0.489 e. The van der Waals surface area contributed by atoms with Crippen LogP contribution in [0.2, 0.25) is 0 Å². The predicted molar refractivity (Wildman–Crippen MR) is 132 cm³/mol. The standard InChI is InChI=1S/C27H32N4O5/c32-25-9-8-23(26(33)29-25)31-17-22-21(27(31)34)2-1-3-24(22)36-18-20-6-4-19(5-7-20)16-28-10-11-30-12-14-35-15-13-30/h1-7,23,28H,8-18H2,(H,29,32,33). The smallest absolute Gasteiger partial charge is 0.255 e. The quantitative estimate of drug-likeness (QED) is 0.404. The number of morpholine rings is 1. The molecule has 3 heterocycles. The lowest BCUT2D eigenvalue weighted by Gasteiger charge is -2.29. The fourth-order valence-electron chi connectivity index (χ4n) is 4.90. The first-order valence-corrected chi connectivity index (χ1v) is 12.6. The van der Waals surface area contributed by atoms with Gasteiger partial charge in [0, 0.05) is 50.3 Å². The Kier molecular flexibility index (Phi) is 7.60. The van der Waals surface area contributed by atoms with Crippen molar-refractivity contribution in [2.45, 2.75) is 38.6 Å². The second kappa shape index (κ2) is 11.2. The number of benzene rings is 2. The number of hydrogen-bond donors (Lipinski definition) is 2. The van der Waals surface area contributed by atoms with Gasteiger partial charge in [-0.1, -0.05) is 30.3 Å². The van der Waals surface area contributed by atoms with Gasteiger partial charge in [0.2, 0.25) is 11.8 Å². The molecular formula is C27H32N4O5. The number of nitrogens with zero attached hydrogens (tertiary/aromatic N) is 2. The molecule has 5 rings (SSSR count). The van der Waals surface area contributed by atoms with Crippen LogP contribution in [0, 0.1) is 0 Å². The van der Waals surface area contributed by atoms with Crippen molar-refractivity contribution < 1.29 is 23.9 Å². The highest BCUT2D eigenvalue weighted by molar-refractivity contribution is 6.05. The molecule has 3 aliphatic heterocycles. The van der Waals surface area contributed by atoms with E-state index in [-0.39, 0.29) is 18.2 Å². The summed E-state index contributed by atoms with van der Waals surface area (Å²) in [6.45, 7) is 7.12. The summed E-state index contributed by atoms with van der Waals surface area (Å²) in [5.41, 5.74) is 3.59. The van der Waals surface area contributed by atoms with Crippen molar-refractivity contribution in [3.8, 4) is 5.75 Å². The van der Waals surface area contributed by atoms with E-state index in [0.717, 1.165) is 57.1 Å². The third-order valence-corrected chi connectivity index (χ3v) is 6.99. The van der Waals surface area contributed by atoms with Gasteiger partial charge < -0.3 is 19.7 Å². The fraction of sp³-hybridized carbons (Fsp3) is 0.444. The molecule has 2 fully saturated rings. The first-order valence-electron chi connectivity index (χ1n) is 12.6. The monoisotopic (exact) mass is 492 g/mol. The molecule has 36 heavy (non-hydrogen) atoms. The number of carbonyl (C=O) groups excluding carboxylic acids is 3. The van der Waals surface area contributed by atoms with Gasteiger partial charge in [-0.05, 0) is 29.7 Å². The number of hydrogen-bond acceptors (Lipinski definition) is 7. The zero-order valence-electron chi connectivity index (χ0n) is 20.3. The van der Waals surface area contributed by atoms with Crippen molar-refractivity contribution in [3.63, 3.8) is 0 Å². The van der Waals surface area contributed by atoms with Crippen molar-refractivity contribution >= 4 is 17.7 Å². The summed E-state index contributed by atoms with van der Waals surface area (Å²) in [6, 6.07) is 13.1. The van der Waals surface area contributed by atoms with Crippen LogP contribution in [0.3, 0.4) is 0 Å². The van der Waals surface area contributed by atoms with Crippen LogP contribution < -0.4 is 15.4 Å². The van der Waals surface area contributed by atoms with Gasteiger partial charge in [0.1, 0.15) is 18.4 Å². The lowest BCUT2D eigenvalue weighted by atomic mass is 10.0. The summed E-state index contributed by atoms with van der Waals surface area (Å²) in [4.78, 5) is 40.7. The van der Waals surface area contributed by atoms with Crippen LogP contribution >= 0.6 is 0 Å². The fourth-order valence-corrected chi connectivity index (χ4v) is 4.90. The molecule has 2 saturated heterocycles. The van der Waals surface area contributed by atoms with E-state index >= 15 is 0 Å². The highest BCUT2D eigenvalue weighted by atomic mass is 16.5. The van der Waals surface area contributed by atoms with Gasteiger partial charge in [-0.15, -0.1) is 0 Å². The number of carbonyl (C=O) groups is 3. The molecule has 0 spiro atoms. The molecule has 9 heteroatoms. The molecule has 3 aliphatic rings. The average molecular weight is 493 g/mol. The van der Waals surface area contributed by atoms with Crippen LogP contribution in [0.15, 0.2) is 42.5 Å². The molecule has 190 valence electrons. The lowest BCUT2D eigenvalue weighted by molar-refractivity contribution is -0.136. The van der Waals surface area contributed by atoms with Crippen molar-refractivity contribution in [3.05, 3.63) is 64.7 Å². The Hall–Kier alpha value is -3.27. The molecule has 0 radical (unpaired) electrons. The number of ether oxygens (including phenoxy) is 2. The van der Waals surface area contributed by atoms with E-state index in [0.29, 0.717) is 30.9 Å². The molecule has 2 aromatic rings. The molecule has 0 saturated carbocycles. The van der Waals surface area contributed by atoms with Crippen LogP contribution in [0.4, 0.5) is 0 Å². The van der Waals surface area contributed by atoms with E-state index < -0.39 is 11.9 Å². The second-order valence-electron chi connectivity index (χ2n) is 9.42. The summed E-state index contributed by atoms with van der Waals surface area (Å²) in [7, 11) is 0. The van der Waals surface area contributed by atoms with Gasteiger partial charge in [0.05, 0.1) is 19.8 Å². The predicted octanol–water partition coefficient (Wildman–Crippen LogP) is 1.45. The Morgan fingerprint density at radius 3 is 2.58 bits per heavy atom. The molecule has 0 aromatic heterocycles. The van der Waals surface area contributed by atoms with Crippen LogP contribution in [-0.2, 0) is 34.0 Å². The summed E-state index contributed by atoms with van der Waals surface area (Å²) < 4.78 is 11.5. The number of imide groups is 1. The van der Waals surface area contributed by atoms with Crippen molar-refractivity contribution in [2.24, 2.45) is 0 Å². The molecule has 2 aromatic carbocycles. The van der Waals surface area contributed by atoms with E-state index in [2.05, 4.69) is 39.8 Å². The molecule has 2 N–H and O–H groups in total. The number of amides is 3. The zero-order chi connectivity index (χ0) is 24.9. The number of fused-ring (bicyclic) bond motifs is 1. The van der Waals surface area contributed by atoms with E-state index in [1.165, 1.54) is 5.56 Å². The van der Waals surface area contributed by atoms with Gasteiger partial charge in [-0.25, -0.2) is 0 Å². The van der Waals surface area contributed by atoms with Crippen LogP contribution in [0.1, 0.15) is 39.9 Å². The Bertz CT molecular complexity index is 1110. The van der Waals surface area contributed by atoms with Crippen LogP contribution in [0.25, 0.3) is 0 Å². The summed E-state index contributed by atoms with van der Waals surface area (Å²) in [6.07, 6.45) is 0.578. The Labute approximate surface area is 210 Å². The maximum Gasteiger partial charge on any atom is 0.255 e. The Morgan fingerprint density at radius 2 is 1.81 bits per heavy atom. The molecule has 9 nitrogen and oxygen atoms in total. The third kappa shape index (κ3) is 5.59. The molecule has 1 atom stereocenters. The normalized spacial score (nSPS) is 20.4. The zero-order valence-corrected chi connectivity index (χ0v) is 20.3. The highest BCUT2D eigenvalue weighted by Crippen LogP contribution is 2.33. The van der Waals surface area contributed by atoms with E-state index in [9.17, 15) is 14.4 Å². The highest BCUT2D eigenvalue weighted by Gasteiger charge is 2.40. The number of piperidine rings is 1. The maximum atomic E-state index is 13.0. The Balaban J connectivity index is 1.13. The van der Waals surface area contributed by atoms with Crippen LogP contribution in [-0.4, -0.2) is 73.0 Å². The van der Waals surface area contributed by atoms with Crippen molar-refractivity contribution in [2.75, 3.05) is 39.4 Å². The lowest BCUT2D eigenvalue weighted by Crippen LogP contribution is -2.52. The first-order chi connectivity index (χ1) is 17.6. The molecule has 0 bridgehead atoms. The molecule has 0 aliphatic carbocycles. The van der Waals surface area contributed by atoms with Gasteiger partial charge in [0.15, 0.2) is 0 Å². The second-order valence-corrected chi connectivity index (χ2v) is 9.42. The van der Waals surface area contributed by atoms with Crippen molar-refractivity contribution in [1.82, 2.24) is 20.4 Å². The summed E-state index contributed by atoms with van der Waals surface area (Å²) in [5.74, 6) is -0.260. The third-order valence-electron chi connectivity index (χ3n) is 6.99. The summed E-state index contributed by atoms with van der Waals surface area (Å²) >= 11 is 0. The minimum absolute atomic E-state index is 0.199. The average Bonchev–Trinajstić information content (AvgIpc) is 3.23. The number of rotatable bonds is 9. The van der Waals surface area contributed by atoms with E-state index in [4.69, 9.17) is 9.47 Å². The summed E-state index contributed by atoms with van der Waals surface area (Å²) in [5, 5.41) is 5.83. The largest absolute Gasteiger partial charge is 0.489 e. The van der Waals surface area contributed by atoms with Crippen molar-refractivity contribution in [1.29, 1.82) is 0 Å². The van der Waals surface area contributed by atoms with Gasteiger partial charge in [0.25, 0.3) is 5.91 Å². The Morgan fingerprint density at radius 1 is 1.03 bits per heavy atom. The van der Waals surface area contributed by atoms with E-state index in [1.54, 1.807) is 17.0 Å². The van der Waals surface area contributed by atoms with Gasteiger partial charge in [-0.3, -0.25) is 24.6 Å². The number of nitrogens with one attached hydrogen (secondary N) is 2. The molecule has 3 amide bonds. The van der Waals surface area contributed by atoms with Gasteiger partial charge >= 0.3 is 0 Å². The van der Waals surface area contributed by atoms with Gasteiger partial charge in [-0.2, -0.15) is 0 Å².